The van der Waals surface area contributed by atoms with Crippen LogP contribution in [0.5, 0.6) is 0 Å². The quantitative estimate of drug-likeness (QED) is 0.676. The topological polar surface area (TPSA) is 61.0 Å². The predicted octanol–water partition coefficient (Wildman–Crippen LogP) is 4.58. The molecular formula is C21H19F3N4O. The van der Waals surface area contributed by atoms with Gasteiger partial charge in [-0.2, -0.15) is 13.2 Å². The third-order valence-electron chi connectivity index (χ3n) is 4.99. The number of carbonyl (C=O) groups is 1. The number of carbonyl (C=O) groups excluding carboxylic acids is 1. The van der Waals surface area contributed by atoms with Crippen LogP contribution < -0.4 is 5.32 Å². The van der Waals surface area contributed by atoms with E-state index in [1.165, 1.54) is 6.07 Å². The second-order valence-corrected chi connectivity index (χ2v) is 6.88. The van der Waals surface area contributed by atoms with Gasteiger partial charge >= 0.3 is 12.2 Å². The van der Waals surface area contributed by atoms with E-state index in [0.717, 1.165) is 34.3 Å². The Bertz CT molecular complexity index is 1070. The number of urea groups is 1. The van der Waals surface area contributed by atoms with Gasteiger partial charge in [0, 0.05) is 43.0 Å². The highest BCUT2D eigenvalue weighted by Gasteiger charge is 2.30. The number of pyridine rings is 1. The van der Waals surface area contributed by atoms with Crippen LogP contribution in [0.25, 0.3) is 16.6 Å². The van der Waals surface area contributed by atoms with Gasteiger partial charge in [0.1, 0.15) is 5.65 Å². The molecule has 1 aliphatic rings. The van der Waals surface area contributed by atoms with Crippen LogP contribution in [0.3, 0.4) is 0 Å². The van der Waals surface area contributed by atoms with E-state index in [1.807, 2.05) is 24.4 Å². The number of benzene rings is 1. The first-order valence-corrected chi connectivity index (χ1v) is 9.22. The summed E-state index contributed by atoms with van der Waals surface area (Å²) in [7, 11) is 0. The first-order valence-electron chi connectivity index (χ1n) is 9.22. The maximum absolute atomic E-state index is 12.8. The summed E-state index contributed by atoms with van der Waals surface area (Å²) in [5.41, 5.74) is 2.74. The molecule has 3 aromatic rings. The Kier molecular flexibility index (Phi) is 5.00. The molecule has 0 bridgehead atoms. The Hall–Kier alpha value is -3.29. The summed E-state index contributed by atoms with van der Waals surface area (Å²) in [5.74, 6) is 0. The summed E-state index contributed by atoms with van der Waals surface area (Å²) >= 11 is 0. The van der Waals surface area contributed by atoms with Crippen LogP contribution in [0.4, 0.5) is 18.0 Å². The third-order valence-corrected chi connectivity index (χ3v) is 4.99. The molecule has 29 heavy (non-hydrogen) atoms. The Morgan fingerprint density at radius 1 is 1.24 bits per heavy atom. The zero-order valence-corrected chi connectivity index (χ0v) is 15.5. The van der Waals surface area contributed by atoms with Gasteiger partial charge in [-0.1, -0.05) is 18.2 Å². The van der Waals surface area contributed by atoms with Gasteiger partial charge in [-0.3, -0.25) is 0 Å². The Morgan fingerprint density at radius 2 is 2.10 bits per heavy atom. The number of H-pyrrole nitrogens is 1. The van der Waals surface area contributed by atoms with Crippen LogP contribution in [0.1, 0.15) is 23.1 Å². The number of fused-ring (bicyclic) bond motifs is 1. The van der Waals surface area contributed by atoms with Crippen LogP contribution in [0.15, 0.2) is 54.9 Å². The van der Waals surface area contributed by atoms with Crippen LogP contribution >= 0.6 is 0 Å². The number of alkyl halides is 3. The summed E-state index contributed by atoms with van der Waals surface area (Å²) in [6.45, 7) is 1.02. The Balaban J connectivity index is 1.38. The molecular weight excluding hydrogens is 381 g/mol. The molecule has 1 aliphatic heterocycles. The van der Waals surface area contributed by atoms with E-state index >= 15 is 0 Å². The first-order chi connectivity index (χ1) is 13.9. The molecule has 2 N–H and O–H groups in total. The fourth-order valence-corrected chi connectivity index (χ4v) is 3.47. The number of nitrogens with zero attached hydrogens (tertiary/aromatic N) is 2. The van der Waals surface area contributed by atoms with Crippen molar-refractivity contribution >= 4 is 22.6 Å². The van der Waals surface area contributed by atoms with Crippen molar-refractivity contribution in [2.75, 3.05) is 13.1 Å². The van der Waals surface area contributed by atoms with Crippen LogP contribution in [0.2, 0.25) is 0 Å². The van der Waals surface area contributed by atoms with Crippen molar-refractivity contribution in [1.82, 2.24) is 20.2 Å². The zero-order valence-electron chi connectivity index (χ0n) is 15.5. The predicted molar refractivity (Wildman–Crippen MR) is 104 cm³/mol. The second-order valence-electron chi connectivity index (χ2n) is 6.88. The SMILES string of the molecule is O=C(NCc1cccc(C(F)(F)F)c1)N1CC=C(c2c[nH]c3ncccc23)CC1. The van der Waals surface area contributed by atoms with Crippen molar-refractivity contribution < 1.29 is 18.0 Å². The van der Waals surface area contributed by atoms with Crippen LogP contribution in [-0.4, -0.2) is 34.0 Å². The molecule has 4 rings (SSSR count). The van der Waals surface area contributed by atoms with Gasteiger partial charge in [-0.15, -0.1) is 0 Å². The molecule has 0 unspecified atom stereocenters. The van der Waals surface area contributed by atoms with Gasteiger partial charge in [0.05, 0.1) is 5.56 Å². The van der Waals surface area contributed by atoms with Gasteiger partial charge in [0.15, 0.2) is 0 Å². The normalized spacial score (nSPS) is 14.7. The van der Waals surface area contributed by atoms with Crippen molar-refractivity contribution in [2.24, 2.45) is 0 Å². The minimum Gasteiger partial charge on any atom is -0.346 e. The molecule has 150 valence electrons. The van der Waals surface area contributed by atoms with Gasteiger partial charge < -0.3 is 15.2 Å². The first kappa shape index (κ1) is 19.0. The number of aromatic nitrogens is 2. The lowest BCUT2D eigenvalue weighted by Crippen LogP contribution is -2.41. The standard InChI is InChI=1S/C21H19F3N4O/c22-21(23,24)16-4-1-3-14(11-16)12-27-20(29)28-9-6-15(7-10-28)18-13-26-19-17(18)5-2-8-25-19/h1-6,8,11,13H,7,9-10,12H2,(H,25,26)(H,27,29). The van der Waals surface area contributed by atoms with E-state index in [1.54, 1.807) is 17.2 Å². The lowest BCUT2D eigenvalue weighted by Gasteiger charge is -2.26. The van der Waals surface area contributed by atoms with E-state index in [2.05, 4.69) is 15.3 Å². The molecule has 0 atom stereocenters. The highest BCUT2D eigenvalue weighted by atomic mass is 19.4. The molecule has 0 radical (unpaired) electrons. The number of aromatic amines is 1. The zero-order chi connectivity index (χ0) is 20.4. The number of halogens is 3. The minimum atomic E-state index is -4.40. The fraction of sp³-hybridized carbons (Fsp3) is 0.238. The molecule has 0 fully saturated rings. The maximum Gasteiger partial charge on any atom is 0.416 e. The molecule has 0 aliphatic carbocycles. The van der Waals surface area contributed by atoms with Crippen molar-refractivity contribution in [3.8, 4) is 0 Å². The van der Waals surface area contributed by atoms with Crippen molar-refractivity contribution in [2.45, 2.75) is 19.1 Å². The lowest BCUT2D eigenvalue weighted by molar-refractivity contribution is -0.137. The van der Waals surface area contributed by atoms with Crippen LogP contribution in [0, 0.1) is 0 Å². The fourth-order valence-electron chi connectivity index (χ4n) is 3.47. The third kappa shape index (κ3) is 4.11. The van der Waals surface area contributed by atoms with Crippen molar-refractivity contribution in [3.63, 3.8) is 0 Å². The lowest BCUT2D eigenvalue weighted by atomic mass is 10.00. The monoisotopic (exact) mass is 400 g/mol. The van der Waals surface area contributed by atoms with Crippen LogP contribution in [-0.2, 0) is 12.7 Å². The molecule has 3 heterocycles. The molecule has 0 saturated heterocycles. The largest absolute Gasteiger partial charge is 0.416 e. The maximum atomic E-state index is 12.8. The Morgan fingerprint density at radius 3 is 2.86 bits per heavy atom. The van der Waals surface area contributed by atoms with E-state index in [9.17, 15) is 18.0 Å². The number of nitrogens with one attached hydrogen (secondary N) is 2. The molecule has 5 nitrogen and oxygen atoms in total. The van der Waals surface area contributed by atoms with Gasteiger partial charge in [-0.05, 0) is 41.8 Å². The number of rotatable bonds is 3. The average Bonchev–Trinajstić information content (AvgIpc) is 3.16. The van der Waals surface area contributed by atoms with E-state index in [0.29, 0.717) is 25.1 Å². The summed E-state index contributed by atoms with van der Waals surface area (Å²) in [6.07, 6.45) is 1.95. The van der Waals surface area contributed by atoms with Gasteiger partial charge in [-0.25, -0.2) is 9.78 Å². The molecule has 1 aromatic carbocycles. The Labute approximate surface area is 165 Å². The van der Waals surface area contributed by atoms with E-state index in [4.69, 9.17) is 0 Å². The van der Waals surface area contributed by atoms with E-state index < -0.39 is 11.7 Å². The highest BCUT2D eigenvalue weighted by molar-refractivity contribution is 5.91. The molecule has 8 heteroatoms. The second kappa shape index (κ2) is 7.62. The summed E-state index contributed by atoms with van der Waals surface area (Å²) in [5, 5.41) is 3.74. The number of amides is 2. The number of hydrogen-bond acceptors (Lipinski definition) is 2. The van der Waals surface area contributed by atoms with Gasteiger partial charge in [0.2, 0.25) is 0 Å². The van der Waals surface area contributed by atoms with Crippen molar-refractivity contribution in [3.05, 3.63) is 71.6 Å². The molecule has 0 saturated carbocycles. The summed E-state index contributed by atoms with van der Waals surface area (Å²) in [6, 6.07) is 8.57. The summed E-state index contributed by atoms with van der Waals surface area (Å²) in [4.78, 5) is 21.5. The minimum absolute atomic E-state index is 0.0456. The molecule has 2 aromatic heterocycles. The number of hydrogen-bond donors (Lipinski definition) is 2. The van der Waals surface area contributed by atoms with Crippen molar-refractivity contribution in [1.29, 1.82) is 0 Å². The van der Waals surface area contributed by atoms with E-state index in [-0.39, 0.29) is 12.6 Å². The smallest absolute Gasteiger partial charge is 0.346 e. The molecule has 0 spiro atoms. The summed E-state index contributed by atoms with van der Waals surface area (Å²) < 4.78 is 38.4. The molecule has 2 amide bonds. The highest BCUT2D eigenvalue weighted by Crippen LogP contribution is 2.30. The van der Waals surface area contributed by atoms with Gasteiger partial charge in [0.25, 0.3) is 0 Å². The average molecular weight is 400 g/mol.